The minimum absolute atomic E-state index is 0.310. The van der Waals surface area contributed by atoms with Gasteiger partial charge in [0.05, 0.1) is 21.4 Å². The summed E-state index contributed by atoms with van der Waals surface area (Å²) in [4.78, 5) is 1.14. The molecule has 0 unspecified atom stereocenters. The molecule has 1 N–H and O–H groups in total. The molecular formula is C13H20BrNO3S2. The van der Waals surface area contributed by atoms with Crippen molar-refractivity contribution in [1.29, 1.82) is 0 Å². The summed E-state index contributed by atoms with van der Waals surface area (Å²) in [5, 5.41) is 0. The first-order chi connectivity index (χ1) is 9.49. The average Bonchev–Trinajstić information content (AvgIpc) is 2.76. The van der Waals surface area contributed by atoms with Gasteiger partial charge in [0.2, 0.25) is 10.0 Å². The summed E-state index contributed by atoms with van der Waals surface area (Å²) in [6, 6.07) is 1.64. The largest absolute Gasteiger partial charge is 0.377 e. The molecule has 7 heteroatoms. The van der Waals surface area contributed by atoms with E-state index in [1.807, 2.05) is 6.92 Å². The van der Waals surface area contributed by atoms with E-state index >= 15 is 0 Å². The van der Waals surface area contributed by atoms with Crippen LogP contribution in [0.4, 0.5) is 0 Å². The van der Waals surface area contributed by atoms with Crippen LogP contribution >= 0.6 is 27.3 Å². The highest BCUT2D eigenvalue weighted by Gasteiger charge is 2.19. The van der Waals surface area contributed by atoms with E-state index in [1.54, 1.807) is 6.07 Å². The number of nitrogens with one attached hydrogen (secondary N) is 1. The van der Waals surface area contributed by atoms with Gasteiger partial charge in [-0.2, -0.15) is 0 Å². The van der Waals surface area contributed by atoms with E-state index in [4.69, 9.17) is 4.74 Å². The van der Waals surface area contributed by atoms with E-state index in [2.05, 4.69) is 20.7 Å². The van der Waals surface area contributed by atoms with Crippen LogP contribution in [0.5, 0.6) is 0 Å². The molecule has 0 bridgehead atoms. The van der Waals surface area contributed by atoms with Gasteiger partial charge in [-0.15, -0.1) is 11.3 Å². The molecule has 0 amide bonds. The fourth-order valence-corrected chi connectivity index (χ4v) is 5.83. The lowest BCUT2D eigenvalue weighted by molar-refractivity contribution is 0.0321. The Kier molecular flexibility index (Phi) is 6.04. The monoisotopic (exact) mass is 381 g/mol. The van der Waals surface area contributed by atoms with E-state index in [0.717, 1.165) is 21.5 Å². The quantitative estimate of drug-likeness (QED) is 0.767. The molecule has 0 saturated heterocycles. The molecule has 1 aliphatic rings. The van der Waals surface area contributed by atoms with Gasteiger partial charge >= 0.3 is 0 Å². The molecule has 4 nitrogen and oxygen atoms in total. The van der Waals surface area contributed by atoms with Crippen molar-refractivity contribution in [3.05, 3.63) is 14.7 Å². The summed E-state index contributed by atoms with van der Waals surface area (Å²) in [6.45, 7) is 2.57. The number of ether oxygens (including phenoxy) is 1. The fourth-order valence-electron chi connectivity index (χ4n) is 2.41. The van der Waals surface area contributed by atoms with Crippen LogP contribution in [0.2, 0.25) is 0 Å². The summed E-state index contributed by atoms with van der Waals surface area (Å²) in [7, 11) is -3.42. The molecule has 0 atom stereocenters. The number of hydrogen-bond donors (Lipinski definition) is 1. The number of rotatable bonds is 6. The number of aryl methyl sites for hydroxylation is 1. The first-order valence-corrected chi connectivity index (χ1v) is 9.95. The van der Waals surface area contributed by atoms with Gasteiger partial charge in [-0.3, -0.25) is 0 Å². The first-order valence-electron chi connectivity index (χ1n) is 6.86. The molecule has 1 heterocycles. The van der Waals surface area contributed by atoms with E-state index in [9.17, 15) is 8.42 Å². The molecule has 1 aliphatic carbocycles. The van der Waals surface area contributed by atoms with Crippen molar-refractivity contribution in [2.75, 3.05) is 13.2 Å². The van der Waals surface area contributed by atoms with Gasteiger partial charge in [0.25, 0.3) is 0 Å². The Hall–Kier alpha value is 0.0500. The summed E-state index contributed by atoms with van der Waals surface area (Å²) >= 11 is 4.74. The fraction of sp³-hybridized carbons (Fsp3) is 0.692. The summed E-state index contributed by atoms with van der Waals surface area (Å²) in [5.41, 5.74) is 0. The predicted octanol–water partition coefficient (Wildman–Crippen LogP) is 3.45. The lowest BCUT2D eigenvalue weighted by Crippen LogP contribution is -2.29. The van der Waals surface area contributed by atoms with Gasteiger partial charge in [-0.1, -0.05) is 19.3 Å². The first kappa shape index (κ1) is 16.4. The smallest absolute Gasteiger partial charge is 0.241 e. The second-order valence-corrected chi connectivity index (χ2v) is 9.37. The summed E-state index contributed by atoms with van der Waals surface area (Å²) < 4.78 is 33.4. The van der Waals surface area contributed by atoms with Crippen LogP contribution in [0.1, 0.15) is 37.0 Å². The van der Waals surface area contributed by atoms with Crippen LogP contribution in [0.25, 0.3) is 0 Å². The van der Waals surface area contributed by atoms with Crippen LogP contribution in [-0.4, -0.2) is 27.7 Å². The highest BCUT2D eigenvalue weighted by molar-refractivity contribution is 9.11. The van der Waals surface area contributed by atoms with Crippen molar-refractivity contribution in [2.24, 2.45) is 0 Å². The standard InChI is InChI=1S/C13H20BrNO3S2/c1-10-12(9-13(14)19-10)20(16,17)15-7-8-18-11-5-3-2-4-6-11/h9,11,15H,2-8H2,1H3. The molecule has 1 aromatic rings. The van der Waals surface area contributed by atoms with E-state index in [1.165, 1.54) is 30.6 Å². The van der Waals surface area contributed by atoms with Crippen LogP contribution in [0.15, 0.2) is 14.7 Å². The SMILES string of the molecule is Cc1sc(Br)cc1S(=O)(=O)NCCOC1CCCCC1. The van der Waals surface area contributed by atoms with Crippen molar-refractivity contribution in [1.82, 2.24) is 4.72 Å². The third-order valence-corrected chi connectivity index (χ3v) is 6.70. The minimum atomic E-state index is -3.42. The van der Waals surface area contributed by atoms with Crippen molar-refractivity contribution in [3.63, 3.8) is 0 Å². The highest BCUT2D eigenvalue weighted by Crippen LogP contribution is 2.29. The van der Waals surface area contributed by atoms with E-state index in [0.29, 0.717) is 24.2 Å². The molecule has 20 heavy (non-hydrogen) atoms. The zero-order valence-corrected chi connectivity index (χ0v) is 14.7. The third kappa shape index (κ3) is 4.53. The second-order valence-electron chi connectivity index (χ2n) is 5.00. The zero-order chi connectivity index (χ0) is 14.6. The normalized spacial score (nSPS) is 17.5. The maximum atomic E-state index is 12.1. The van der Waals surface area contributed by atoms with Gasteiger partial charge < -0.3 is 4.74 Å². The van der Waals surface area contributed by atoms with Gasteiger partial charge in [0.1, 0.15) is 0 Å². The van der Waals surface area contributed by atoms with Gasteiger partial charge in [-0.25, -0.2) is 13.1 Å². The van der Waals surface area contributed by atoms with Gasteiger partial charge in [0, 0.05) is 11.4 Å². The summed E-state index contributed by atoms with van der Waals surface area (Å²) in [6.07, 6.45) is 6.24. The van der Waals surface area contributed by atoms with Crippen LogP contribution in [-0.2, 0) is 14.8 Å². The Morgan fingerprint density at radius 3 is 2.70 bits per heavy atom. The zero-order valence-electron chi connectivity index (χ0n) is 11.5. The number of sulfonamides is 1. The van der Waals surface area contributed by atoms with Crippen molar-refractivity contribution in [3.8, 4) is 0 Å². The molecular weight excluding hydrogens is 362 g/mol. The molecule has 1 aromatic heterocycles. The van der Waals surface area contributed by atoms with Crippen LogP contribution in [0.3, 0.4) is 0 Å². The highest BCUT2D eigenvalue weighted by atomic mass is 79.9. The number of halogens is 1. The maximum absolute atomic E-state index is 12.1. The topological polar surface area (TPSA) is 55.4 Å². The molecule has 2 rings (SSSR count). The lowest BCUT2D eigenvalue weighted by atomic mass is 9.98. The van der Waals surface area contributed by atoms with Crippen molar-refractivity contribution in [2.45, 2.75) is 50.0 Å². The second kappa shape index (κ2) is 7.35. The minimum Gasteiger partial charge on any atom is -0.377 e. The molecule has 0 aliphatic heterocycles. The number of thiophene rings is 1. The van der Waals surface area contributed by atoms with Crippen LogP contribution in [0, 0.1) is 6.92 Å². The van der Waals surface area contributed by atoms with Gasteiger partial charge in [-0.05, 0) is 41.8 Å². The Balaban J connectivity index is 1.79. The molecule has 1 fully saturated rings. The Morgan fingerprint density at radius 1 is 1.40 bits per heavy atom. The van der Waals surface area contributed by atoms with Gasteiger partial charge in [0.15, 0.2) is 0 Å². The van der Waals surface area contributed by atoms with Crippen LogP contribution < -0.4 is 4.72 Å². The maximum Gasteiger partial charge on any atom is 0.241 e. The third-order valence-electron chi connectivity index (χ3n) is 3.43. The number of hydrogen-bond acceptors (Lipinski definition) is 4. The molecule has 1 saturated carbocycles. The van der Waals surface area contributed by atoms with Crippen molar-refractivity contribution >= 4 is 37.3 Å². The lowest BCUT2D eigenvalue weighted by Gasteiger charge is -2.21. The Morgan fingerprint density at radius 2 is 2.10 bits per heavy atom. The molecule has 0 radical (unpaired) electrons. The van der Waals surface area contributed by atoms with E-state index in [-0.39, 0.29) is 0 Å². The molecule has 0 spiro atoms. The molecule has 114 valence electrons. The van der Waals surface area contributed by atoms with E-state index < -0.39 is 10.0 Å². The average molecular weight is 382 g/mol. The Bertz CT molecular complexity index is 536. The Labute approximate surface area is 133 Å². The van der Waals surface area contributed by atoms with Crippen molar-refractivity contribution < 1.29 is 13.2 Å². The molecule has 0 aromatic carbocycles. The predicted molar refractivity (Wildman–Crippen MR) is 84.8 cm³/mol. The summed E-state index contributed by atoms with van der Waals surface area (Å²) in [5.74, 6) is 0.